The third-order valence-electron chi connectivity index (χ3n) is 8.26. The second-order valence-corrected chi connectivity index (χ2v) is 11.1. The summed E-state index contributed by atoms with van der Waals surface area (Å²) in [6.45, 7) is -1.27. The second-order valence-electron chi connectivity index (χ2n) is 11.1. The summed E-state index contributed by atoms with van der Waals surface area (Å²) in [5.41, 5.74) is 9.54. The number of nitrogens with zero attached hydrogens (tertiary/aromatic N) is 5. The quantitative estimate of drug-likeness (QED) is 0.411. The van der Waals surface area contributed by atoms with Crippen molar-refractivity contribution in [1.29, 1.82) is 0 Å². The minimum atomic E-state index is -3.01. The van der Waals surface area contributed by atoms with Crippen LogP contribution in [0.15, 0.2) is 48.9 Å². The third kappa shape index (κ3) is 3.56. The van der Waals surface area contributed by atoms with Crippen LogP contribution < -0.4 is 10.5 Å². The van der Waals surface area contributed by atoms with Gasteiger partial charge in [0, 0.05) is 66.7 Å². The normalized spacial score (nSPS) is 27.4. The number of amides is 1. The van der Waals surface area contributed by atoms with E-state index in [2.05, 4.69) is 9.97 Å². The van der Waals surface area contributed by atoms with Crippen molar-refractivity contribution in [2.75, 3.05) is 7.05 Å². The van der Waals surface area contributed by atoms with E-state index in [4.69, 9.17) is 15.5 Å². The lowest BCUT2D eigenvalue weighted by Crippen LogP contribution is -2.59. The molecule has 2 atom stereocenters. The summed E-state index contributed by atoms with van der Waals surface area (Å²) in [5.74, 6) is -0.119. The van der Waals surface area contributed by atoms with Crippen LogP contribution in [-0.2, 0) is 5.54 Å². The lowest BCUT2D eigenvalue weighted by Gasteiger charge is -2.48. The molecule has 11 heteroatoms. The maximum absolute atomic E-state index is 13.3. The molecule has 1 fully saturated rings. The monoisotopic (exact) mass is 532 g/mol. The van der Waals surface area contributed by atoms with Gasteiger partial charge in [0.05, 0.1) is 28.6 Å². The van der Waals surface area contributed by atoms with Gasteiger partial charge in [0.15, 0.2) is 0 Å². The fourth-order valence-electron chi connectivity index (χ4n) is 6.71. The number of alkyl halides is 2. The topological polar surface area (TPSA) is 119 Å². The van der Waals surface area contributed by atoms with E-state index in [1.165, 1.54) is 6.07 Å². The van der Waals surface area contributed by atoms with Crippen molar-refractivity contribution in [2.45, 2.75) is 55.9 Å². The number of nitrogens with two attached hydrogens (primary N) is 1. The van der Waals surface area contributed by atoms with Crippen LogP contribution in [0, 0.1) is 0 Å². The molecule has 1 aliphatic heterocycles. The minimum Gasteiger partial charge on any atom is -0.434 e. The highest BCUT2D eigenvalue weighted by Crippen LogP contribution is 2.52. The van der Waals surface area contributed by atoms with Crippen LogP contribution in [0.3, 0.4) is 0 Å². The Morgan fingerprint density at radius 1 is 1.15 bits per heavy atom. The van der Waals surface area contributed by atoms with Crippen LogP contribution >= 0.6 is 0 Å². The predicted octanol–water partition coefficient (Wildman–Crippen LogP) is 3.75. The van der Waals surface area contributed by atoms with Gasteiger partial charge in [0.1, 0.15) is 17.2 Å². The first kappa shape index (κ1) is 24.1. The zero-order valence-corrected chi connectivity index (χ0v) is 21.3. The molecule has 7 rings (SSSR count). The molecule has 4 aromatic rings. The first-order valence-corrected chi connectivity index (χ1v) is 12.8. The van der Waals surface area contributed by atoms with Gasteiger partial charge in [0.2, 0.25) is 0 Å². The van der Waals surface area contributed by atoms with Gasteiger partial charge in [-0.1, -0.05) is 6.07 Å². The molecule has 2 unspecified atom stereocenters. The van der Waals surface area contributed by atoms with Crippen LogP contribution in [0.4, 0.5) is 8.78 Å². The number of aliphatic hydroxyl groups is 1. The van der Waals surface area contributed by atoms with Crippen LogP contribution in [0.25, 0.3) is 16.8 Å². The van der Waals surface area contributed by atoms with Crippen LogP contribution in [-0.4, -0.2) is 54.5 Å². The fourth-order valence-corrected chi connectivity index (χ4v) is 6.71. The number of imidazole rings is 1. The molecule has 39 heavy (non-hydrogen) atoms. The molecule has 2 aliphatic carbocycles. The van der Waals surface area contributed by atoms with Crippen molar-refractivity contribution in [3.8, 4) is 16.9 Å². The molecular weight excluding hydrogens is 506 g/mol. The van der Waals surface area contributed by atoms with Crippen LogP contribution in [0.5, 0.6) is 5.75 Å². The Morgan fingerprint density at radius 2 is 1.90 bits per heavy atom. The van der Waals surface area contributed by atoms with E-state index >= 15 is 0 Å². The highest BCUT2D eigenvalue weighted by Gasteiger charge is 2.51. The van der Waals surface area contributed by atoms with Crippen molar-refractivity contribution in [3.05, 3.63) is 77.3 Å². The molecule has 4 heterocycles. The molecule has 3 aromatic heterocycles. The van der Waals surface area contributed by atoms with Gasteiger partial charge in [-0.3, -0.25) is 4.79 Å². The molecule has 0 radical (unpaired) electrons. The number of pyridine rings is 1. The molecule has 1 saturated carbocycles. The number of aromatic nitrogens is 4. The van der Waals surface area contributed by atoms with E-state index in [1.54, 1.807) is 43.4 Å². The minimum absolute atomic E-state index is 0.00327. The van der Waals surface area contributed by atoms with E-state index in [1.807, 2.05) is 22.7 Å². The summed E-state index contributed by atoms with van der Waals surface area (Å²) in [6, 6.07) is 8.21. The number of hydrogen-bond donors (Lipinski definition) is 2. The maximum Gasteiger partial charge on any atom is 0.387 e. The molecule has 1 aromatic carbocycles. The molecule has 3 N–H and O–H groups in total. The highest BCUT2D eigenvalue weighted by molar-refractivity contribution is 5.98. The van der Waals surface area contributed by atoms with E-state index < -0.39 is 17.8 Å². The molecule has 200 valence electrons. The van der Waals surface area contributed by atoms with E-state index in [0.29, 0.717) is 41.9 Å². The summed E-state index contributed by atoms with van der Waals surface area (Å²) in [5, 5.41) is 10.1. The Labute approximate surface area is 222 Å². The van der Waals surface area contributed by atoms with Crippen molar-refractivity contribution < 1.29 is 23.4 Å². The van der Waals surface area contributed by atoms with Gasteiger partial charge in [-0.15, -0.1) is 0 Å². The second kappa shape index (κ2) is 8.03. The fraction of sp³-hybridized carbons (Fsp3) is 0.357. The first-order valence-electron chi connectivity index (χ1n) is 12.8. The Bertz CT molecular complexity index is 1640. The number of carbonyl (C=O) groups excluding carboxylic acids is 1. The summed E-state index contributed by atoms with van der Waals surface area (Å²) < 4.78 is 33.5. The lowest BCUT2D eigenvalue weighted by molar-refractivity contribution is -0.0769. The molecule has 0 spiro atoms. The van der Waals surface area contributed by atoms with Gasteiger partial charge in [-0.2, -0.15) is 8.78 Å². The first-order chi connectivity index (χ1) is 18.5. The van der Waals surface area contributed by atoms with Gasteiger partial charge in [-0.05, 0) is 37.6 Å². The standard InChI is InChI=1S/C28H26F2N6O3/c1-27(38)12-28(31,13-27)25-32-9-15(10-33-25)14-6-7-20-34-22-18-8-17(23(22)36(20)11-14)21-16(24(37)35(18)2)4-3-5-19(21)39-26(29)30/h3-7,9-11,17-18,26,38H,8,12-13,31H2,1-2H3. The van der Waals surface area contributed by atoms with Gasteiger partial charge in [0.25, 0.3) is 5.91 Å². The van der Waals surface area contributed by atoms with E-state index in [0.717, 1.165) is 22.5 Å². The molecular formula is C28H26F2N6O3. The molecule has 1 amide bonds. The number of hydrogen-bond acceptors (Lipinski definition) is 7. The number of ether oxygens (including phenoxy) is 1. The summed E-state index contributed by atoms with van der Waals surface area (Å²) in [7, 11) is 1.72. The Balaban J connectivity index is 1.33. The summed E-state index contributed by atoms with van der Waals surface area (Å²) >= 11 is 0. The van der Waals surface area contributed by atoms with E-state index in [-0.39, 0.29) is 23.6 Å². The van der Waals surface area contributed by atoms with E-state index in [9.17, 15) is 18.7 Å². The molecule has 2 bridgehead atoms. The van der Waals surface area contributed by atoms with Crippen LogP contribution in [0.2, 0.25) is 0 Å². The highest BCUT2D eigenvalue weighted by atomic mass is 19.3. The Kier molecular flexibility index (Phi) is 4.96. The molecule has 3 aliphatic rings. The Hall–Kier alpha value is -3.96. The number of rotatable bonds is 4. The number of fused-ring (bicyclic) bond motifs is 9. The summed E-state index contributed by atoms with van der Waals surface area (Å²) in [6.07, 6.45) is 6.66. The smallest absolute Gasteiger partial charge is 0.387 e. The predicted molar refractivity (Wildman–Crippen MR) is 136 cm³/mol. The number of halogens is 2. The largest absolute Gasteiger partial charge is 0.434 e. The number of benzene rings is 1. The SMILES string of the molecule is CN1C(=O)c2cccc(OC(F)F)c2C2CC1c1nc3ccc(-c4cnc(C5(N)CC(C)(O)C5)nc4)cn3c12. The third-order valence-corrected chi connectivity index (χ3v) is 8.26. The Morgan fingerprint density at radius 3 is 2.59 bits per heavy atom. The van der Waals surface area contributed by atoms with Gasteiger partial charge >= 0.3 is 6.61 Å². The zero-order valence-electron chi connectivity index (χ0n) is 21.3. The van der Waals surface area contributed by atoms with Crippen molar-refractivity contribution >= 4 is 11.6 Å². The van der Waals surface area contributed by atoms with Gasteiger partial charge in [-0.25, -0.2) is 15.0 Å². The summed E-state index contributed by atoms with van der Waals surface area (Å²) in [4.78, 5) is 28.8. The van der Waals surface area contributed by atoms with Crippen molar-refractivity contribution in [2.24, 2.45) is 5.73 Å². The molecule has 9 nitrogen and oxygen atoms in total. The van der Waals surface area contributed by atoms with Crippen molar-refractivity contribution in [3.63, 3.8) is 0 Å². The number of carbonyl (C=O) groups is 1. The van der Waals surface area contributed by atoms with Gasteiger partial charge < -0.3 is 24.9 Å². The average Bonchev–Trinajstić information content (AvgIpc) is 3.40. The molecule has 0 saturated heterocycles. The maximum atomic E-state index is 13.3. The zero-order chi connectivity index (χ0) is 27.3. The average molecular weight is 533 g/mol. The van der Waals surface area contributed by atoms with Crippen LogP contribution in [0.1, 0.15) is 71.3 Å². The lowest BCUT2D eigenvalue weighted by atomic mass is 9.66. The van der Waals surface area contributed by atoms with Crippen molar-refractivity contribution in [1.82, 2.24) is 24.3 Å².